The summed E-state index contributed by atoms with van der Waals surface area (Å²) in [6.07, 6.45) is 0.593. The highest BCUT2D eigenvalue weighted by Gasteiger charge is 2.08. The number of nitrogens with zero attached hydrogens (tertiary/aromatic N) is 3. The molecule has 0 bridgehead atoms. The third-order valence-corrected chi connectivity index (χ3v) is 2.42. The molecule has 0 amide bonds. The van der Waals surface area contributed by atoms with E-state index in [2.05, 4.69) is 10.1 Å². The molecule has 0 fully saturated rings. The fourth-order valence-corrected chi connectivity index (χ4v) is 1.88. The minimum atomic E-state index is 0.133. The Kier molecular flexibility index (Phi) is 2.94. The average Bonchev–Trinajstić information content (AvgIpc) is 2.58. The van der Waals surface area contributed by atoms with E-state index in [1.165, 1.54) is 4.68 Å². The summed E-state index contributed by atoms with van der Waals surface area (Å²) in [6.45, 7) is 1.74. The van der Waals surface area contributed by atoms with Gasteiger partial charge in [0.1, 0.15) is 5.82 Å². The first-order chi connectivity index (χ1) is 7.60. The molecular weight excluding hydrogens is 249 g/mol. The van der Waals surface area contributed by atoms with Crippen molar-refractivity contribution in [3.8, 4) is 5.69 Å². The number of aldehydes is 1. The number of aryl methyl sites for hydroxylation is 1. The zero-order valence-corrected chi connectivity index (χ0v) is 9.83. The Labute approximate surface area is 102 Å². The van der Waals surface area contributed by atoms with Gasteiger partial charge in [-0.1, -0.05) is 23.2 Å². The van der Waals surface area contributed by atoms with E-state index in [9.17, 15) is 4.79 Å². The summed E-state index contributed by atoms with van der Waals surface area (Å²) in [5, 5.41) is 5.01. The molecule has 0 radical (unpaired) electrons. The SMILES string of the molecule is Cc1nc(C=O)nn1-c1cc(Cl)cc(Cl)c1. The van der Waals surface area contributed by atoms with Crippen molar-refractivity contribution in [2.45, 2.75) is 6.92 Å². The topological polar surface area (TPSA) is 47.8 Å². The zero-order valence-electron chi connectivity index (χ0n) is 8.32. The molecule has 82 valence electrons. The van der Waals surface area contributed by atoms with Gasteiger partial charge in [-0.25, -0.2) is 9.67 Å². The lowest BCUT2D eigenvalue weighted by atomic mass is 10.3. The Bertz CT molecular complexity index is 531. The number of hydrogen-bond acceptors (Lipinski definition) is 3. The summed E-state index contributed by atoms with van der Waals surface area (Å²) >= 11 is 11.8. The Hall–Kier alpha value is -1.39. The zero-order chi connectivity index (χ0) is 11.7. The van der Waals surface area contributed by atoms with Crippen LogP contribution in [0.3, 0.4) is 0 Å². The van der Waals surface area contributed by atoms with Gasteiger partial charge in [0.25, 0.3) is 0 Å². The van der Waals surface area contributed by atoms with Crippen LogP contribution in [0.5, 0.6) is 0 Å². The second kappa shape index (κ2) is 4.23. The van der Waals surface area contributed by atoms with Crippen LogP contribution < -0.4 is 0 Å². The summed E-state index contributed by atoms with van der Waals surface area (Å²) in [6, 6.07) is 5.02. The highest BCUT2D eigenvalue weighted by atomic mass is 35.5. The molecule has 2 aromatic rings. The Balaban J connectivity index is 2.57. The number of carbonyl (C=O) groups excluding carboxylic acids is 1. The third kappa shape index (κ3) is 2.08. The van der Waals surface area contributed by atoms with E-state index in [0.717, 1.165) is 0 Å². The Morgan fingerprint density at radius 3 is 2.38 bits per heavy atom. The van der Waals surface area contributed by atoms with Gasteiger partial charge < -0.3 is 0 Å². The first-order valence-corrected chi connectivity index (χ1v) is 5.21. The van der Waals surface area contributed by atoms with Crippen molar-refractivity contribution in [1.29, 1.82) is 0 Å². The smallest absolute Gasteiger partial charge is 0.214 e. The molecule has 0 N–H and O–H groups in total. The molecule has 1 heterocycles. The van der Waals surface area contributed by atoms with E-state index in [-0.39, 0.29) is 5.82 Å². The van der Waals surface area contributed by atoms with Crippen LogP contribution in [-0.4, -0.2) is 21.1 Å². The van der Waals surface area contributed by atoms with E-state index in [1.54, 1.807) is 25.1 Å². The molecule has 0 atom stereocenters. The largest absolute Gasteiger partial charge is 0.294 e. The molecule has 0 aliphatic rings. The van der Waals surface area contributed by atoms with Gasteiger partial charge in [0, 0.05) is 10.0 Å². The second-order valence-electron chi connectivity index (χ2n) is 3.17. The fraction of sp³-hybridized carbons (Fsp3) is 0.100. The van der Waals surface area contributed by atoms with Crippen molar-refractivity contribution < 1.29 is 4.79 Å². The van der Waals surface area contributed by atoms with Crippen LogP contribution >= 0.6 is 23.2 Å². The molecule has 0 aliphatic heterocycles. The van der Waals surface area contributed by atoms with Crippen molar-refractivity contribution in [3.05, 3.63) is 39.9 Å². The van der Waals surface area contributed by atoms with Gasteiger partial charge in [0.2, 0.25) is 5.82 Å². The number of benzene rings is 1. The molecule has 0 saturated carbocycles. The summed E-state index contributed by atoms with van der Waals surface area (Å²) in [5.41, 5.74) is 0.676. The van der Waals surface area contributed by atoms with E-state index in [4.69, 9.17) is 23.2 Å². The number of hydrogen-bond donors (Lipinski definition) is 0. The summed E-state index contributed by atoms with van der Waals surface area (Å²) < 4.78 is 1.52. The van der Waals surface area contributed by atoms with Gasteiger partial charge in [0.15, 0.2) is 6.29 Å². The quantitative estimate of drug-likeness (QED) is 0.776. The normalized spacial score (nSPS) is 10.4. The van der Waals surface area contributed by atoms with Crippen molar-refractivity contribution in [1.82, 2.24) is 14.8 Å². The fourth-order valence-electron chi connectivity index (χ4n) is 1.37. The maximum atomic E-state index is 10.5. The molecule has 0 spiro atoms. The lowest BCUT2D eigenvalue weighted by molar-refractivity contribution is 0.111. The minimum Gasteiger partial charge on any atom is -0.294 e. The van der Waals surface area contributed by atoms with Gasteiger partial charge in [0.05, 0.1) is 5.69 Å². The lowest BCUT2D eigenvalue weighted by Crippen LogP contribution is -1.99. The van der Waals surface area contributed by atoms with Crippen LogP contribution in [0.25, 0.3) is 5.69 Å². The van der Waals surface area contributed by atoms with Crippen LogP contribution in [0.4, 0.5) is 0 Å². The molecule has 4 nitrogen and oxygen atoms in total. The molecule has 0 unspecified atom stereocenters. The van der Waals surface area contributed by atoms with Crippen LogP contribution in [0.1, 0.15) is 16.4 Å². The molecule has 0 saturated heterocycles. The summed E-state index contributed by atoms with van der Waals surface area (Å²) in [7, 11) is 0. The molecule has 1 aromatic heterocycles. The molecule has 1 aromatic carbocycles. The lowest BCUT2D eigenvalue weighted by Gasteiger charge is -2.03. The van der Waals surface area contributed by atoms with Crippen molar-refractivity contribution in [2.75, 3.05) is 0 Å². The van der Waals surface area contributed by atoms with E-state index in [1.807, 2.05) is 0 Å². The number of halogens is 2. The van der Waals surface area contributed by atoms with Crippen LogP contribution in [0.15, 0.2) is 18.2 Å². The Morgan fingerprint density at radius 2 is 1.88 bits per heavy atom. The van der Waals surface area contributed by atoms with Gasteiger partial charge in [-0.3, -0.25) is 4.79 Å². The predicted octanol–water partition coefficient (Wildman–Crippen LogP) is 2.70. The minimum absolute atomic E-state index is 0.133. The number of rotatable bonds is 2. The van der Waals surface area contributed by atoms with E-state index in [0.29, 0.717) is 27.8 Å². The first-order valence-electron chi connectivity index (χ1n) is 4.45. The number of carbonyl (C=O) groups is 1. The number of aromatic nitrogens is 3. The second-order valence-corrected chi connectivity index (χ2v) is 4.05. The molecule has 6 heteroatoms. The molecular formula is C10H7Cl2N3O. The molecule has 0 aliphatic carbocycles. The van der Waals surface area contributed by atoms with Crippen molar-refractivity contribution in [2.24, 2.45) is 0 Å². The highest BCUT2D eigenvalue weighted by molar-refractivity contribution is 6.34. The van der Waals surface area contributed by atoms with Gasteiger partial charge >= 0.3 is 0 Å². The van der Waals surface area contributed by atoms with Crippen molar-refractivity contribution in [3.63, 3.8) is 0 Å². The van der Waals surface area contributed by atoms with E-state index < -0.39 is 0 Å². The van der Waals surface area contributed by atoms with Crippen LogP contribution in [0, 0.1) is 6.92 Å². The maximum absolute atomic E-state index is 10.5. The standard InChI is InChI=1S/C10H7Cl2N3O/c1-6-13-10(5-16)14-15(6)9-3-7(11)2-8(12)4-9/h2-5H,1H3. The highest BCUT2D eigenvalue weighted by Crippen LogP contribution is 2.21. The first kappa shape index (κ1) is 11.1. The van der Waals surface area contributed by atoms with Crippen molar-refractivity contribution >= 4 is 29.5 Å². The van der Waals surface area contributed by atoms with Crippen LogP contribution in [0.2, 0.25) is 10.0 Å². The average molecular weight is 256 g/mol. The molecule has 2 rings (SSSR count). The maximum Gasteiger partial charge on any atom is 0.214 e. The van der Waals surface area contributed by atoms with Gasteiger partial charge in [-0.15, -0.1) is 5.10 Å². The van der Waals surface area contributed by atoms with Gasteiger partial charge in [-0.05, 0) is 25.1 Å². The predicted molar refractivity (Wildman–Crippen MR) is 61.5 cm³/mol. The third-order valence-electron chi connectivity index (χ3n) is 1.98. The monoisotopic (exact) mass is 255 g/mol. The van der Waals surface area contributed by atoms with E-state index >= 15 is 0 Å². The molecule has 16 heavy (non-hydrogen) atoms. The Morgan fingerprint density at radius 1 is 1.25 bits per heavy atom. The van der Waals surface area contributed by atoms with Crippen LogP contribution in [-0.2, 0) is 0 Å². The summed E-state index contributed by atoms with van der Waals surface area (Å²) in [5.74, 6) is 0.731. The van der Waals surface area contributed by atoms with Gasteiger partial charge in [-0.2, -0.15) is 0 Å². The summed E-state index contributed by atoms with van der Waals surface area (Å²) in [4.78, 5) is 14.5.